The SMILES string of the molecule is CN(C)C(=O)Oc1cccc2c1cc(C(=O)NCCOCCO)c[n+]2C.COS(=O)(=O)[O-]. The summed E-state index contributed by atoms with van der Waals surface area (Å²) in [6.07, 6.45) is 1.22. The largest absolute Gasteiger partial charge is 0.726 e. The quantitative estimate of drug-likeness (QED) is 0.224. The lowest BCUT2D eigenvalue weighted by molar-refractivity contribution is -0.645. The highest BCUT2D eigenvalue weighted by Crippen LogP contribution is 2.24. The molecule has 0 aliphatic heterocycles. The van der Waals surface area contributed by atoms with Gasteiger partial charge in [-0.1, -0.05) is 6.07 Å². The number of hydrogen-bond acceptors (Lipinski definition) is 9. The van der Waals surface area contributed by atoms with Crippen LogP contribution in [0.5, 0.6) is 5.75 Å². The van der Waals surface area contributed by atoms with Crippen molar-refractivity contribution in [3.63, 3.8) is 0 Å². The maximum atomic E-state index is 12.4. The first-order chi connectivity index (χ1) is 15.0. The van der Waals surface area contributed by atoms with Crippen LogP contribution >= 0.6 is 0 Å². The molecule has 32 heavy (non-hydrogen) atoms. The Bertz CT molecular complexity index is 1030. The van der Waals surface area contributed by atoms with E-state index in [0.29, 0.717) is 29.9 Å². The Balaban J connectivity index is 0.000000751. The third-order valence-electron chi connectivity index (χ3n) is 3.85. The second-order valence-corrected chi connectivity index (χ2v) is 7.61. The number of nitrogens with one attached hydrogen (secondary N) is 1. The Morgan fingerprint density at radius 1 is 1.25 bits per heavy atom. The van der Waals surface area contributed by atoms with Crippen molar-refractivity contribution in [2.75, 3.05) is 47.6 Å². The molecule has 0 atom stereocenters. The fraction of sp³-hybridized carbons (Fsp3) is 0.421. The predicted octanol–water partition coefficient (Wildman–Crippen LogP) is -0.444. The van der Waals surface area contributed by atoms with Crippen LogP contribution in [-0.4, -0.2) is 82.5 Å². The maximum absolute atomic E-state index is 12.4. The highest BCUT2D eigenvalue weighted by molar-refractivity contribution is 7.80. The van der Waals surface area contributed by atoms with Crippen molar-refractivity contribution < 1.29 is 45.9 Å². The van der Waals surface area contributed by atoms with Gasteiger partial charge >= 0.3 is 6.09 Å². The Hall–Kier alpha value is -2.84. The van der Waals surface area contributed by atoms with E-state index in [0.717, 1.165) is 12.6 Å². The van der Waals surface area contributed by atoms with E-state index in [9.17, 15) is 22.6 Å². The van der Waals surface area contributed by atoms with E-state index in [1.165, 1.54) is 4.90 Å². The maximum Gasteiger partial charge on any atom is 0.414 e. The van der Waals surface area contributed by atoms with Crippen molar-refractivity contribution in [1.82, 2.24) is 10.2 Å². The van der Waals surface area contributed by atoms with Crippen LogP contribution in [0.15, 0.2) is 30.5 Å². The van der Waals surface area contributed by atoms with Gasteiger partial charge in [-0.3, -0.25) is 8.98 Å². The number of ether oxygens (including phenoxy) is 2. The van der Waals surface area contributed by atoms with Gasteiger partial charge in [0.15, 0.2) is 6.20 Å². The van der Waals surface area contributed by atoms with E-state index < -0.39 is 16.5 Å². The first-order valence-electron chi connectivity index (χ1n) is 9.30. The van der Waals surface area contributed by atoms with Crippen LogP contribution in [0.1, 0.15) is 10.4 Å². The monoisotopic (exact) mass is 473 g/mol. The molecule has 0 aliphatic carbocycles. The summed E-state index contributed by atoms with van der Waals surface area (Å²) in [4.78, 5) is 25.6. The molecule has 178 valence electrons. The molecule has 0 spiro atoms. The molecule has 12 nitrogen and oxygen atoms in total. The van der Waals surface area contributed by atoms with E-state index in [2.05, 4.69) is 9.50 Å². The normalized spacial score (nSPS) is 10.8. The Morgan fingerprint density at radius 3 is 2.47 bits per heavy atom. The first kappa shape index (κ1) is 27.2. The molecular formula is C19H27N3O9S. The molecule has 1 aromatic heterocycles. The minimum Gasteiger partial charge on any atom is -0.726 e. The van der Waals surface area contributed by atoms with E-state index in [1.54, 1.807) is 43.1 Å². The molecule has 13 heteroatoms. The van der Waals surface area contributed by atoms with E-state index in [1.807, 2.05) is 13.1 Å². The summed E-state index contributed by atoms with van der Waals surface area (Å²) in [6.45, 7) is 0.833. The molecule has 0 radical (unpaired) electrons. The van der Waals surface area contributed by atoms with Gasteiger partial charge in [0.25, 0.3) is 5.91 Å². The summed E-state index contributed by atoms with van der Waals surface area (Å²) in [5.41, 5.74) is 1.27. The second-order valence-electron chi connectivity index (χ2n) is 6.46. The molecule has 2 rings (SSSR count). The molecule has 0 bridgehead atoms. The van der Waals surface area contributed by atoms with Gasteiger partial charge in [-0.05, 0) is 12.1 Å². The van der Waals surface area contributed by atoms with Gasteiger partial charge < -0.3 is 29.3 Å². The lowest BCUT2D eigenvalue weighted by Crippen LogP contribution is -2.34. The molecule has 2 N–H and O–H groups in total. The number of hydrogen-bond donors (Lipinski definition) is 2. The summed E-state index contributed by atoms with van der Waals surface area (Å²) in [7, 11) is 1.42. The summed E-state index contributed by atoms with van der Waals surface area (Å²) < 4.78 is 43.3. The Morgan fingerprint density at radius 2 is 1.91 bits per heavy atom. The number of carbonyl (C=O) groups is 2. The zero-order valence-corrected chi connectivity index (χ0v) is 19.0. The number of nitrogens with zero attached hydrogens (tertiary/aromatic N) is 2. The molecule has 1 heterocycles. The minimum atomic E-state index is -4.41. The number of benzene rings is 1. The van der Waals surface area contributed by atoms with E-state index in [4.69, 9.17) is 14.6 Å². The van der Waals surface area contributed by atoms with Crippen molar-refractivity contribution in [2.24, 2.45) is 7.05 Å². The summed E-state index contributed by atoms with van der Waals surface area (Å²) in [5.74, 6) is 0.126. The molecule has 2 aromatic rings. The van der Waals surface area contributed by atoms with Crippen molar-refractivity contribution in [1.29, 1.82) is 0 Å². The topological polar surface area (TPSA) is 158 Å². The molecule has 0 fully saturated rings. The van der Waals surface area contributed by atoms with Crippen LogP contribution in [0.3, 0.4) is 0 Å². The van der Waals surface area contributed by atoms with E-state index in [-0.39, 0.29) is 19.1 Å². The van der Waals surface area contributed by atoms with Crippen LogP contribution in [0.4, 0.5) is 4.79 Å². The molecule has 0 saturated heterocycles. The molecule has 0 aliphatic rings. The van der Waals surface area contributed by atoms with Gasteiger partial charge in [0.05, 0.1) is 32.3 Å². The fourth-order valence-electron chi connectivity index (χ4n) is 2.36. The number of amides is 2. The van der Waals surface area contributed by atoms with Gasteiger partial charge in [-0.25, -0.2) is 17.8 Å². The Kier molecular flexibility index (Phi) is 10.9. The lowest BCUT2D eigenvalue weighted by atomic mass is 10.1. The Labute approximate surface area is 186 Å². The molecular weight excluding hydrogens is 446 g/mol. The van der Waals surface area contributed by atoms with Gasteiger partial charge in [0.2, 0.25) is 15.9 Å². The molecule has 1 aromatic carbocycles. The second kappa shape index (κ2) is 12.9. The predicted molar refractivity (Wildman–Crippen MR) is 112 cm³/mol. The summed E-state index contributed by atoms with van der Waals surface area (Å²) in [5, 5.41) is 12.1. The molecule has 0 unspecified atom stereocenters. The van der Waals surface area contributed by atoms with Crippen molar-refractivity contribution in [3.05, 3.63) is 36.0 Å². The number of carbonyl (C=O) groups excluding carboxylic acids is 2. The average molecular weight is 474 g/mol. The number of aliphatic hydroxyl groups excluding tert-OH is 1. The van der Waals surface area contributed by atoms with Crippen molar-refractivity contribution in [2.45, 2.75) is 0 Å². The molecule has 0 saturated carbocycles. The van der Waals surface area contributed by atoms with Crippen LogP contribution in [0.25, 0.3) is 10.9 Å². The first-order valence-corrected chi connectivity index (χ1v) is 10.6. The number of rotatable bonds is 8. The molecule has 2 amide bonds. The minimum absolute atomic E-state index is 0.0527. The number of pyridine rings is 1. The standard InChI is InChI=1S/C18H23N3O5.CH4O4S/c1-20(2)18(24)26-16-6-4-5-15-14(16)11-13(12-21(15)3)17(23)19-7-9-25-10-8-22;1-5-6(2,3)4/h4-6,11-12,22H,7-10H2,1-3H3;1H3,(H,2,3,4). The average Bonchev–Trinajstić information content (AvgIpc) is 2.73. The zero-order valence-electron chi connectivity index (χ0n) is 18.2. The van der Waals surface area contributed by atoms with Gasteiger partial charge in [-0.15, -0.1) is 0 Å². The third-order valence-corrected chi connectivity index (χ3v) is 4.26. The lowest BCUT2D eigenvalue weighted by Gasteiger charge is -2.12. The van der Waals surface area contributed by atoms with E-state index >= 15 is 0 Å². The van der Waals surface area contributed by atoms with Gasteiger partial charge in [-0.2, -0.15) is 0 Å². The fourth-order valence-corrected chi connectivity index (χ4v) is 2.36. The van der Waals surface area contributed by atoms with Crippen LogP contribution in [0, 0.1) is 0 Å². The van der Waals surface area contributed by atoms with Crippen LogP contribution in [0.2, 0.25) is 0 Å². The number of fused-ring (bicyclic) bond motifs is 1. The van der Waals surface area contributed by atoms with Crippen LogP contribution < -0.4 is 14.6 Å². The number of aromatic nitrogens is 1. The van der Waals surface area contributed by atoms with Crippen molar-refractivity contribution >= 4 is 33.3 Å². The zero-order chi connectivity index (χ0) is 24.3. The highest BCUT2D eigenvalue weighted by atomic mass is 32.3. The summed E-state index contributed by atoms with van der Waals surface area (Å²) in [6, 6.07) is 7.05. The van der Waals surface area contributed by atoms with Gasteiger partial charge in [0, 0.05) is 26.7 Å². The smallest absolute Gasteiger partial charge is 0.414 e. The van der Waals surface area contributed by atoms with Crippen molar-refractivity contribution in [3.8, 4) is 5.75 Å². The highest BCUT2D eigenvalue weighted by Gasteiger charge is 2.18. The summed E-state index contributed by atoms with van der Waals surface area (Å²) >= 11 is 0. The number of aliphatic hydroxyl groups is 1. The third kappa shape index (κ3) is 9.11. The van der Waals surface area contributed by atoms with Gasteiger partial charge in [0.1, 0.15) is 18.4 Å². The van der Waals surface area contributed by atoms with Crippen LogP contribution in [-0.2, 0) is 26.4 Å². The number of aryl methyl sites for hydroxylation is 1.